The maximum absolute atomic E-state index is 11.4. The lowest BCUT2D eigenvalue weighted by Crippen LogP contribution is -2.38. The molecule has 1 aliphatic heterocycles. The standard InChI is InChI=1S/C10H20O4S/c1-2-4-10(7-11,8-12)9-3-5-15(13,14)6-9/h9,11-12H,2-8H2,1H3. The van der Waals surface area contributed by atoms with Gasteiger partial charge in [-0.2, -0.15) is 0 Å². The molecule has 0 amide bonds. The van der Waals surface area contributed by atoms with Gasteiger partial charge < -0.3 is 10.2 Å². The molecule has 0 aromatic carbocycles. The van der Waals surface area contributed by atoms with Crippen LogP contribution in [0.25, 0.3) is 0 Å². The average Bonchev–Trinajstić information content (AvgIpc) is 2.56. The Kier molecular flexibility index (Phi) is 4.14. The van der Waals surface area contributed by atoms with Gasteiger partial charge in [0.2, 0.25) is 0 Å². The summed E-state index contributed by atoms with van der Waals surface area (Å²) in [6.07, 6.45) is 2.10. The van der Waals surface area contributed by atoms with Crippen LogP contribution in [0.5, 0.6) is 0 Å². The van der Waals surface area contributed by atoms with Crippen LogP contribution >= 0.6 is 0 Å². The predicted molar refractivity (Wildman–Crippen MR) is 58.3 cm³/mol. The Hall–Kier alpha value is -0.130. The summed E-state index contributed by atoms with van der Waals surface area (Å²) in [6.45, 7) is 1.72. The maximum atomic E-state index is 11.4. The van der Waals surface area contributed by atoms with Crippen molar-refractivity contribution in [3.63, 3.8) is 0 Å². The number of hydrogen-bond donors (Lipinski definition) is 2. The lowest BCUT2D eigenvalue weighted by Gasteiger charge is -2.35. The zero-order chi connectivity index (χ0) is 11.5. The third-order valence-corrected chi connectivity index (χ3v) is 5.24. The molecule has 0 aliphatic carbocycles. The first-order chi connectivity index (χ1) is 6.99. The molecule has 0 aromatic rings. The molecule has 0 bridgehead atoms. The van der Waals surface area contributed by atoms with Crippen molar-refractivity contribution in [1.82, 2.24) is 0 Å². The number of hydrogen-bond acceptors (Lipinski definition) is 4. The lowest BCUT2D eigenvalue weighted by atomic mass is 9.73. The zero-order valence-corrected chi connectivity index (χ0v) is 9.96. The predicted octanol–water partition coefficient (Wildman–Crippen LogP) is 0.192. The Labute approximate surface area is 91.2 Å². The van der Waals surface area contributed by atoms with Gasteiger partial charge in [0.05, 0.1) is 24.7 Å². The maximum Gasteiger partial charge on any atom is 0.150 e. The van der Waals surface area contributed by atoms with Gasteiger partial charge in [0.15, 0.2) is 9.84 Å². The molecular weight excluding hydrogens is 216 g/mol. The molecule has 0 spiro atoms. The normalized spacial score (nSPS) is 25.7. The summed E-state index contributed by atoms with van der Waals surface area (Å²) < 4.78 is 22.7. The monoisotopic (exact) mass is 236 g/mol. The summed E-state index contributed by atoms with van der Waals surface area (Å²) >= 11 is 0. The zero-order valence-electron chi connectivity index (χ0n) is 9.15. The minimum atomic E-state index is -2.94. The third kappa shape index (κ3) is 2.71. The van der Waals surface area contributed by atoms with Crippen LogP contribution in [-0.2, 0) is 9.84 Å². The van der Waals surface area contributed by atoms with Crippen LogP contribution in [0.2, 0.25) is 0 Å². The molecule has 1 unspecified atom stereocenters. The van der Waals surface area contributed by atoms with Crippen LogP contribution in [0.4, 0.5) is 0 Å². The van der Waals surface area contributed by atoms with Gasteiger partial charge in [-0.3, -0.25) is 0 Å². The molecule has 1 fully saturated rings. The van der Waals surface area contributed by atoms with Crippen LogP contribution in [0, 0.1) is 11.3 Å². The van der Waals surface area contributed by atoms with Gasteiger partial charge in [-0.15, -0.1) is 0 Å². The molecule has 5 heteroatoms. The fourth-order valence-electron chi connectivity index (χ4n) is 2.45. The molecule has 1 heterocycles. The first kappa shape index (κ1) is 12.9. The highest BCUT2D eigenvalue weighted by Crippen LogP contribution is 2.39. The largest absolute Gasteiger partial charge is 0.396 e. The van der Waals surface area contributed by atoms with E-state index < -0.39 is 15.3 Å². The topological polar surface area (TPSA) is 74.6 Å². The van der Waals surface area contributed by atoms with Crippen molar-refractivity contribution in [2.75, 3.05) is 24.7 Å². The van der Waals surface area contributed by atoms with Gasteiger partial charge in [-0.1, -0.05) is 13.3 Å². The Morgan fingerprint density at radius 2 is 1.93 bits per heavy atom. The second-order valence-corrected chi connectivity index (χ2v) is 6.76. The molecule has 1 rings (SSSR count). The van der Waals surface area contributed by atoms with E-state index in [1.54, 1.807) is 0 Å². The fraction of sp³-hybridized carbons (Fsp3) is 1.00. The smallest absolute Gasteiger partial charge is 0.150 e. The van der Waals surface area contributed by atoms with Crippen LogP contribution in [0.15, 0.2) is 0 Å². The Balaban J connectivity index is 2.81. The molecule has 0 aromatic heterocycles. The Morgan fingerprint density at radius 3 is 2.27 bits per heavy atom. The number of rotatable bonds is 5. The summed E-state index contributed by atoms with van der Waals surface area (Å²) in [7, 11) is -2.94. The minimum Gasteiger partial charge on any atom is -0.396 e. The number of aliphatic hydroxyl groups is 2. The summed E-state index contributed by atoms with van der Waals surface area (Å²) in [5, 5.41) is 18.8. The van der Waals surface area contributed by atoms with E-state index in [4.69, 9.17) is 0 Å². The van der Waals surface area contributed by atoms with Gasteiger partial charge >= 0.3 is 0 Å². The average molecular weight is 236 g/mol. The molecule has 15 heavy (non-hydrogen) atoms. The molecule has 0 radical (unpaired) electrons. The van der Waals surface area contributed by atoms with E-state index in [0.29, 0.717) is 12.8 Å². The molecule has 1 saturated heterocycles. The van der Waals surface area contributed by atoms with Crippen LogP contribution in [0.1, 0.15) is 26.2 Å². The van der Waals surface area contributed by atoms with E-state index in [0.717, 1.165) is 6.42 Å². The van der Waals surface area contributed by atoms with E-state index in [1.165, 1.54) is 0 Å². The second-order valence-electron chi connectivity index (χ2n) is 4.53. The van der Waals surface area contributed by atoms with E-state index in [-0.39, 0.29) is 30.6 Å². The van der Waals surface area contributed by atoms with Gasteiger partial charge in [0.1, 0.15) is 0 Å². The highest BCUT2D eigenvalue weighted by atomic mass is 32.2. The van der Waals surface area contributed by atoms with Crippen molar-refractivity contribution in [1.29, 1.82) is 0 Å². The quantitative estimate of drug-likeness (QED) is 0.714. The summed E-state index contributed by atoms with van der Waals surface area (Å²) in [4.78, 5) is 0. The van der Waals surface area contributed by atoms with Crippen molar-refractivity contribution in [2.24, 2.45) is 11.3 Å². The van der Waals surface area contributed by atoms with Gasteiger partial charge in [-0.25, -0.2) is 8.42 Å². The first-order valence-electron chi connectivity index (χ1n) is 5.42. The van der Waals surface area contributed by atoms with E-state index in [2.05, 4.69) is 0 Å². The summed E-state index contributed by atoms with van der Waals surface area (Å²) in [5.41, 5.74) is -0.599. The van der Waals surface area contributed by atoms with E-state index in [9.17, 15) is 18.6 Å². The van der Waals surface area contributed by atoms with Gasteiger partial charge in [0.25, 0.3) is 0 Å². The second kappa shape index (κ2) is 4.80. The highest BCUT2D eigenvalue weighted by molar-refractivity contribution is 7.91. The van der Waals surface area contributed by atoms with Crippen molar-refractivity contribution >= 4 is 9.84 Å². The lowest BCUT2D eigenvalue weighted by molar-refractivity contribution is 0.00456. The highest BCUT2D eigenvalue weighted by Gasteiger charge is 2.43. The molecule has 4 nitrogen and oxygen atoms in total. The van der Waals surface area contributed by atoms with Crippen molar-refractivity contribution in [3.8, 4) is 0 Å². The summed E-state index contributed by atoms with van der Waals surface area (Å²) in [5.74, 6) is 0.231. The summed E-state index contributed by atoms with van der Waals surface area (Å²) in [6, 6.07) is 0. The fourth-order valence-corrected chi connectivity index (χ4v) is 4.39. The van der Waals surface area contributed by atoms with Crippen molar-refractivity contribution in [2.45, 2.75) is 26.2 Å². The molecular formula is C10H20O4S. The van der Waals surface area contributed by atoms with Gasteiger partial charge in [-0.05, 0) is 18.8 Å². The molecule has 1 aliphatic rings. The van der Waals surface area contributed by atoms with Crippen molar-refractivity contribution in [3.05, 3.63) is 0 Å². The first-order valence-corrected chi connectivity index (χ1v) is 7.24. The molecule has 90 valence electrons. The molecule has 2 N–H and O–H groups in total. The van der Waals surface area contributed by atoms with Gasteiger partial charge in [0, 0.05) is 5.41 Å². The molecule has 0 saturated carbocycles. The van der Waals surface area contributed by atoms with Crippen LogP contribution in [0.3, 0.4) is 0 Å². The number of aliphatic hydroxyl groups excluding tert-OH is 2. The van der Waals surface area contributed by atoms with Crippen molar-refractivity contribution < 1.29 is 18.6 Å². The number of sulfone groups is 1. The van der Waals surface area contributed by atoms with Crippen LogP contribution < -0.4 is 0 Å². The SMILES string of the molecule is CCCC(CO)(CO)C1CCS(=O)(=O)C1. The minimum absolute atomic E-state index is 0.0857. The van der Waals surface area contributed by atoms with Crippen LogP contribution in [-0.4, -0.2) is 43.4 Å². The Morgan fingerprint density at radius 1 is 1.33 bits per heavy atom. The van der Waals surface area contributed by atoms with E-state index >= 15 is 0 Å². The van der Waals surface area contributed by atoms with E-state index in [1.807, 2.05) is 6.92 Å². The Bertz CT molecular complexity index is 293. The molecule has 1 atom stereocenters. The third-order valence-electron chi connectivity index (χ3n) is 3.48.